The van der Waals surface area contributed by atoms with Crippen LogP contribution in [0.2, 0.25) is 0 Å². The zero-order valence-corrected chi connectivity index (χ0v) is 16.9. The van der Waals surface area contributed by atoms with Gasteiger partial charge in [0.25, 0.3) is 0 Å². The molecule has 0 spiro atoms. The average Bonchev–Trinajstić information content (AvgIpc) is 3.44. The molecule has 0 aliphatic heterocycles. The van der Waals surface area contributed by atoms with Crippen LogP contribution >= 0.6 is 0 Å². The molecule has 0 fully saturated rings. The Balaban J connectivity index is 1.56. The first-order chi connectivity index (χ1) is 15.2. The van der Waals surface area contributed by atoms with Gasteiger partial charge in [-0.25, -0.2) is 4.98 Å². The summed E-state index contributed by atoms with van der Waals surface area (Å²) in [6, 6.07) is 9.36. The minimum Gasteiger partial charge on any atom is -0.493 e. The van der Waals surface area contributed by atoms with Crippen molar-refractivity contribution in [2.24, 2.45) is 0 Å². The largest absolute Gasteiger partial charge is 0.493 e. The summed E-state index contributed by atoms with van der Waals surface area (Å²) in [6.07, 6.45) is 3.37. The number of rotatable bonds is 6. The Morgan fingerprint density at radius 1 is 0.968 bits per heavy atom. The molecule has 0 aliphatic rings. The fourth-order valence-electron chi connectivity index (χ4n) is 3.30. The molecule has 2 N–H and O–H groups in total. The third-order valence-corrected chi connectivity index (χ3v) is 4.78. The van der Waals surface area contributed by atoms with Gasteiger partial charge in [-0.2, -0.15) is 14.8 Å². The number of hydrogen-bond acceptors (Lipinski definition) is 9. The van der Waals surface area contributed by atoms with Crippen LogP contribution in [0, 0.1) is 0 Å². The molecule has 0 atom stereocenters. The van der Waals surface area contributed by atoms with E-state index in [2.05, 4.69) is 35.8 Å². The average molecular weight is 418 g/mol. The number of anilines is 2. The molecule has 11 nitrogen and oxygen atoms in total. The van der Waals surface area contributed by atoms with E-state index in [1.807, 2.05) is 18.2 Å². The van der Waals surface area contributed by atoms with Crippen LogP contribution in [0.1, 0.15) is 0 Å². The monoisotopic (exact) mass is 418 g/mol. The number of aromatic amines is 1. The van der Waals surface area contributed by atoms with E-state index in [1.54, 1.807) is 50.5 Å². The smallest absolute Gasteiger partial charge is 0.229 e. The first-order valence-corrected chi connectivity index (χ1v) is 9.29. The minimum atomic E-state index is 0.409. The number of nitrogens with zero attached hydrogens (tertiary/aromatic N) is 6. The molecular weight excluding hydrogens is 400 g/mol. The number of hydrogen-bond donors (Lipinski definition) is 2. The topological polar surface area (TPSA) is 125 Å². The Hall–Kier alpha value is -4.41. The van der Waals surface area contributed by atoms with E-state index in [9.17, 15) is 0 Å². The zero-order chi connectivity index (χ0) is 21.4. The van der Waals surface area contributed by atoms with Crippen molar-refractivity contribution in [2.75, 3.05) is 26.6 Å². The van der Waals surface area contributed by atoms with Crippen LogP contribution in [0.15, 0.2) is 42.7 Å². The summed E-state index contributed by atoms with van der Waals surface area (Å²) in [6.45, 7) is 0. The number of nitrogens with one attached hydrogen (secondary N) is 2. The van der Waals surface area contributed by atoms with Gasteiger partial charge in [-0.15, -0.1) is 5.10 Å². The van der Waals surface area contributed by atoms with Crippen molar-refractivity contribution < 1.29 is 14.2 Å². The van der Waals surface area contributed by atoms with E-state index < -0.39 is 0 Å². The van der Waals surface area contributed by atoms with Crippen LogP contribution in [0.4, 0.5) is 11.6 Å². The molecule has 5 rings (SSSR count). The molecular formula is C20H18N8O3. The Morgan fingerprint density at radius 2 is 1.77 bits per heavy atom. The number of H-pyrrole nitrogens is 1. The molecule has 0 amide bonds. The standard InChI is InChI=1S/C20H18N8O3/c1-29-16-7-13(8-17(30-2)18(16)31-3)28-19-15(26-27-28)10-21-20(24-19)23-12-4-5-14-11(6-12)9-22-25-14/h4-10H,1-3H3,(H,22,25)(H,21,23,24). The Kier molecular flexibility index (Phi) is 4.47. The van der Waals surface area contributed by atoms with E-state index in [-0.39, 0.29) is 0 Å². The van der Waals surface area contributed by atoms with E-state index in [4.69, 9.17) is 14.2 Å². The highest BCUT2D eigenvalue weighted by Gasteiger charge is 2.17. The Bertz CT molecular complexity index is 1370. The maximum atomic E-state index is 5.44. The molecule has 156 valence electrons. The van der Waals surface area contributed by atoms with Crippen LogP contribution in [0.3, 0.4) is 0 Å². The highest BCUT2D eigenvalue weighted by molar-refractivity contribution is 5.82. The van der Waals surface area contributed by atoms with Crippen LogP contribution in [-0.4, -0.2) is 56.5 Å². The van der Waals surface area contributed by atoms with Crippen LogP contribution in [-0.2, 0) is 0 Å². The summed E-state index contributed by atoms with van der Waals surface area (Å²) in [5.74, 6) is 1.90. The predicted octanol–water partition coefficient (Wildman–Crippen LogP) is 2.86. The van der Waals surface area contributed by atoms with Crippen LogP contribution in [0.25, 0.3) is 27.8 Å². The second kappa shape index (κ2) is 7.44. The SMILES string of the molecule is COc1cc(-n2nnc3cnc(Nc4ccc5[nH]ncc5c4)nc32)cc(OC)c1OC. The summed E-state index contributed by atoms with van der Waals surface area (Å²) in [5.41, 5.74) is 3.51. The molecule has 31 heavy (non-hydrogen) atoms. The summed E-state index contributed by atoms with van der Waals surface area (Å²) in [4.78, 5) is 8.95. The molecule has 0 bridgehead atoms. The maximum Gasteiger partial charge on any atom is 0.229 e. The predicted molar refractivity (Wildman–Crippen MR) is 113 cm³/mol. The number of aromatic nitrogens is 7. The van der Waals surface area contributed by atoms with Crippen molar-refractivity contribution in [3.05, 3.63) is 42.7 Å². The second-order valence-corrected chi connectivity index (χ2v) is 6.58. The van der Waals surface area contributed by atoms with Crippen molar-refractivity contribution in [3.63, 3.8) is 0 Å². The van der Waals surface area contributed by atoms with Gasteiger partial charge in [-0.1, -0.05) is 5.21 Å². The molecule has 2 aromatic carbocycles. The summed E-state index contributed by atoms with van der Waals surface area (Å²) >= 11 is 0. The maximum absolute atomic E-state index is 5.44. The lowest BCUT2D eigenvalue weighted by molar-refractivity contribution is 0.324. The van der Waals surface area contributed by atoms with Crippen LogP contribution < -0.4 is 19.5 Å². The van der Waals surface area contributed by atoms with Gasteiger partial charge in [0.15, 0.2) is 22.7 Å². The van der Waals surface area contributed by atoms with Gasteiger partial charge in [-0.3, -0.25) is 5.10 Å². The Morgan fingerprint density at radius 3 is 2.52 bits per heavy atom. The molecule has 0 saturated heterocycles. The van der Waals surface area contributed by atoms with E-state index >= 15 is 0 Å². The van der Waals surface area contributed by atoms with Gasteiger partial charge >= 0.3 is 0 Å². The molecule has 0 saturated carbocycles. The van der Waals surface area contributed by atoms with Crippen molar-refractivity contribution in [1.29, 1.82) is 0 Å². The second-order valence-electron chi connectivity index (χ2n) is 6.58. The minimum absolute atomic E-state index is 0.409. The lowest BCUT2D eigenvalue weighted by atomic mass is 10.2. The number of benzene rings is 2. The molecule has 11 heteroatoms. The van der Waals surface area contributed by atoms with Crippen LogP contribution in [0.5, 0.6) is 17.2 Å². The van der Waals surface area contributed by atoms with Gasteiger partial charge in [0.05, 0.1) is 44.9 Å². The highest BCUT2D eigenvalue weighted by atomic mass is 16.5. The van der Waals surface area contributed by atoms with Crippen molar-refractivity contribution in [1.82, 2.24) is 35.2 Å². The summed E-state index contributed by atoms with van der Waals surface area (Å²) in [7, 11) is 4.67. The van der Waals surface area contributed by atoms with E-state index in [1.165, 1.54) is 0 Å². The molecule has 3 heterocycles. The molecule has 5 aromatic rings. The summed E-state index contributed by atoms with van der Waals surface area (Å²) < 4.78 is 17.9. The van der Waals surface area contributed by atoms with Crippen molar-refractivity contribution >= 4 is 33.7 Å². The van der Waals surface area contributed by atoms with Crippen molar-refractivity contribution in [3.8, 4) is 22.9 Å². The quantitative estimate of drug-likeness (QED) is 0.428. The normalized spacial score (nSPS) is 11.1. The van der Waals surface area contributed by atoms with Crippen molar-refractivity contribution in [2.45, 2.75) is 0 Å². The summed E-state index contributed by atoms with van der Waals surface area (Å²) in [5, 5.41) is 19.5. The van der Waals surface area contributed by atoms with Gasteiger partial charge in [-0.05, 0) is 18.2 Å². The zero-order valence-electron chi connectivity index (χ0n) is 16.9. The van der Waals surface area contributed by atoms with Gasteiger partial charge < -0.3 is 19.5 Å². The molecule has 3 aromatic heterocycles. The Labute approximate surface area is 176 Å². The van der Waals surface area contributed by atoms with Gasteiger partial charge in [0.1, 0.15) is 0 Å². The van der Waals surface area contributed by atoms with Gasteiger partial charge in [0.2, 0.25) is 11.7 Å². The number of ether oxygens (including phenoxy) is 3. The molecule has 0 unspecified atom stereocenters. The fourth-order valence-corrected chi connectivity index (χ4v) is 3.30. The number of methoxy groups -OCH3 is 3. The lowest BCUT2D eigenvalue weighted by Gasteiger charge is -2.14. The van der Waals surface area contributed by atoms with Gasteiger partial charge in [0, 0.05) is 23.2 Å². The fraction of sp³-hybridized carbons (Fsp3) is 0.150. The third-order valence-electron chi connectivity index (χ3n) is 4.78. The van der Waals surface area contributed by atoms with E-state index in [0.29, 0.717) is 40.0 Å². The first kappa shape index (κ1) is 18.6. The van der Waals surface area contributed by atoms with E-state index in [0.717, 1.165) is 16.6 Å². The molecule has 0 radical (unpaired) electrons. The number of fused-ring (bicyclic) bond motifs is 2. The molecule has 0 aliphatic carbocycles. The highest BCUT2D eigenvalue weighted by Crippen LogP contribution is 2.39. The lowest BCUT2D eigenvalue weighted by Crippen LogP contribution is -2.03. The third kappa shape index (κ3) is 3.21. The first-order valence-electron chi connectivity index (χ1n) is 9.29.